The fourth-order valence-electron chi connectivity index (χ4n) is 3.24. The number of thiophene rings is 1. The molecule has 0 N–H and O–H groups in total. The zero-order valence-electron chi connectivity index (χ0n) is 14.3. The van der Waals surface area contributed by atoms with Crippen molar-refractivity contribution < 1.29 is 9.53 Å². The highest BCUT2D eigenvalue weighted by molar-refractivity contribution is 7.17. The second-order valence-electron chi connectivity index (χ2n) is 6.09. The Bertz CT molecular complexity index is 930. The predicted octanol–water partition coefficient (Wildman–Crippen LogP) is 5.28. The number of hydrogen-bond donors (Lipinski definition) is 0. The zero-order chi connectivity index (χ0) is 17.4. The lowest BCUT2D eigenvalue weighted by Gasteiger charge is -2.20. The maximum atomic E-state index is 13.1. The van der Waals surface area contributed by atoms with Crippen molar-refractivity contribution >= 4 is 22.9 Å². The first-order chi connectivity index (χ1) is 12.2. The molecule has 0 bridgehead atoms. The summed E-state index contributed by atoms with van der Waals surface area (Å²) in [4.78, 5) is 16.8. The van der Waals surface area contributed by atoms with Crippen LogP contribution in [0.25, 0.3) is 10.4 Å². The fraction of sp³-hybridized carbons (Fsp3) is 0.190. The van der Waals surface area contributed by atoms with E-state index in [-0.39, 0.29) is 5.91 Å². The Labute approximate surface area is 151 Å². The highest BCUT2D eigenvalue weighted by Gasteiger charge is 2.26. The summed E-state index contributed by atoms with van der Waals surface area (Å²) in [6, 6.07) is 17.9. The van der Waals surface area contributed by atoms with E-state index >= 15 is 0 Å². The second-order valence-corrected chi connectivity index (χ2v) is 7.14. The fourth-order valence-corrected chi connectivity index (χ4v) is 4.48. The van der Waals surface area contributed by atoms with Crippen LogP contribution >= 0.6 is 11.3 Å². The lowest BCUT2D eigenvalue weighted by molar-refractivity contribution is 0.0992. The topological polar surface area (TPSA) is 29.5 Å². The Morgan fingerprint density at radius 3 is 2.72 bits per heavy atom. The van der Waals surface area contributed by atoms with Crippen molar-refractivity contribution in [2.45, 2.75) is 20.5 Å². The van der Waals surface area contributed by atoms with Gasteiger partial charge >= 0.3 is 0 Å². The minimum Gasteiger partial charge on any atom is -0.488 e. The average Bonchev–Trinajstić information content (AvgIpc) is 3.07. The Kier molecular flexibility index (Phi) is 4.06. The first kappa shape index (κ1) is 15.9. The Balaban J connectivity index is 1.74. The molecule has 0 aliphatic carbocycles. The molecule has 25 heavy (non-hydrogen) atoms. The molecule has 2 heterocycles. The average molecular weight is 349 g/mol. The molecule has 0 saturated heterocycles. The second kappa shape index (κ2) is 6.37. The van der Waals surface area contributed by atoms with E-state index in [0.29, 0.717) is 13.2 Å². The van der Waals surface area contributed by atoms with E-state index < -0.39 is 0 Å². The van der Waals surface area contributed by atoms with Gasteiger partial charge in [0.25, 0.3) is 5.91 Å². The molecule has 3 aromatic rings. The summed E-state index contributed by atoms with van der Waals surface area (Å²) in [6.07, 6.45) is 0. The number of amides is 1. The number of rotatable bonds is 3. The van der Waals surface area contributed by atoms with Crippen LogP contribution in [0.2, 0.25) is 0 Å². The third-order valence-electron chi connectivity index (χ3n) is 4.49. The molecule has 3 nitrogen and oxygen atoms in total. The molecule has 1 aromatic heterocycles. The SMILES string of the molecule is CCN(C(=O)c1cc2c(s1)-c1c(C)cccc1OC2)c1ccccc1. The molecule has 0 spiro atoms. The van der Waals surface area contributed by atoms with Gasteiger partial charge in [-0.15, -0.1) is 11.3 Å². The van der Waals surface area contributed by atoms with E-state index in [0.717, 1.165) is 32.3 Å². The van der Waals surface area contributed by atoms with Gasteiger partial charge in [-0.2, -0.15) is 0 Å². The van der Waals surface area contributed by atoms with Gasteiger partial charge in [-0.3, -0.25) is 4.79 Å². The maximum Gasteiger partial charge on any atom is 0.268 e. The van der Waals surface area contributed by atoms with Gasteiger partial charge in [0.15, 0.2) is 0 Å². The number of anilines is 1. The first-order valence-electron chi connectivity index (χ1n) is 8.41. The molecule has 2 aromatic carbocycles. The van der Waals surface area contributed by atoms with Crippen molar-refractivity contribution in [3.63, 3.8) is 0 Å². The Morgan fingerprint density at radius 2 is 1.96 bits per heavy atom. The van der Waals surface area contributed by atoms with E-state index in [1.165, 1.54) is 5.56 Å². The van der Waals surface area contributed by atoms with Gasteiger partial charge in [0.2, 0.25) is 0 Å². The van der Waals surface area contributed by atoms with E-state index in [1.54, 1.807) is 11.3 Å². The van der Waals surface area contributed by atoms with Crippen molar-refractivity contribution in [1.29, 1.82) is 0 Å². The standard InChI is InChI=1S/C21H19NO2S/c1-3-22(16-9-5-4-6-10-16)21(23)18-12-15-13-24-17-11-7-8-14(2)19(17)20(15)25-18/h4-12H,3,13H2,1-2H3. The zero-order valence-corrected chi connectivity index (χ0v) is 15.1. The molecule has 0 atom stereocenters. The Morgan fingerprint density at radius 1 is 1.16 bits per heavy atom. The molecule has 1 aliphatic rings. The Hall–Kier alpha value is -2.59. The molecular weight excluding hydrogens is 330 g/mol. The number of nitrogens with zero attached hydrogens (tertiary/aromatic N) is 1. The maximum absolute atomic E-state index is 13.1. The minimum absolute atomic E-state index is 0.0447. The van der Waals surface area contributed by atoms with Crippen LogP contribution in [0.5, 0.6) is 5.75 Å². The smallest absolute Gasteiger partial charge is 0.268 e. The monoisotopic (exact) mass is 349 g/mol. The summed E-state index contributed by atoms with van der Waals surface area (Å²) in [5, 5.41) is 0. The van der Waals surface area contributed by atoms with Crippen LogP contribution in [0.4, 0.5) is 5.69 Å². The molecular formula is C21H19NO2S. The van der Waals surface area contributed by atoms with Gasteiger partial charge in [0, 0.05) is 28.2 Å². The first-order valence-corrected chi connectivity index (χ1v) is 9.23. The molecule has 0 saturated carbocycles. The summed E-state index contributed by atoms with van der Waals surface area (Å²) < 4.78 is 5.88. The molecule has 0 unspecified atom stereocenters. The van der Waals surface area contributed by atoms with Crippen molar-refractivity contribution in [1.82, 2.24) is 0 Å². The number of para-hydroxylation sites is 1. The number of carbonyl (C=O) groups is 1. The van der Waals surface area contributed by atoms with Crippen LogP contribution < -0.4 is 9.64 Å². The normalized spacial score (nSPS) is 12.1. The lowest BCUT2D eigenvalue weighted by Crippen LogP contribution is -2.29. The predicted molar refractivity (Wildman–Crippen MR) is 103 cm³/mol. The number of carbonyl (C=O) groups excluding carboxylic acids is 1. The van der Waals surface area contributed by atoms with Gasteiger partial charge in [0.05, 0.1) is 4.88 Å². The van der Waals surface area contributed by atoms with Gasteiger partial charge in [0.1, 0.15) is 12.4 Å². The molecule has 126 valence electrons. The van der Waals surface area contributed by atoms with Crippen LogP contribution in [0.1, 0.15) is 27.7 Å². The van der Waals surface area contributed by atoms with E-state index in [9.17, 15) is 4.79 Å². The number of aryl methyl sites for hydroxylation is 1. The van der Waals surface area contributed by atoms with E-state index in [2.05, 4.69) is 13.0 Å². The van der Waals surface area contributed by atoms with E-state index in [4.69, 9.17) is 4.74 Å². The third-order valence-corrected chi connectivity index (χ3v) is 5.68. The third kappa shape index (κ3) is 2.72. The molecule has 0 fully saturated rings. The summed E-state index contributed by atoms with van der Waals surface area (Å²) in [5.74, 6) is 0.951. The number of fused-ring (bicyclic) bond motifs is 3. The van der Waals surface area contributed by atoms with Crippen LogP contribution in [0, 0.1) is 6.92 Å². The van der Waals surface area contributed by atoms with Gasteiger partial charge < -0.3 is 9.64 Å². The quantitative estimate of drug-likeness (QED) is 0.643. The number of benzene rings is 2. The van der Waals surface area contributed by atoms with Gasteiger partial charge in [-0.25, -0.2) is 0 Å². The molecule has 0 radical (unpaired) electrons. The van der Waals surface area contributed by atoms with Gasteiger partial charge in [-0.1, -0.05) is 30.3 Å². The largest absolute Gasteiger partial charge is 0.488 e. The number of hydrogen-bond acceptors (Lipinski definition) is 3. The van der Waals surface area contributed by atoms with Crippen molar-refractivity contribution in [3.8, 4) is 16.2 Å². The summed E-state index contributed by atoms with van der Waals surface area (Å²) in [7, 11) is 0. The highest BCUT2D eigenvalue weighted by Crippen LogP contribution is 2.44. The highest BCUT2D eigenvalue weighted by atomic mass is 32.1. The molecule has 4 heteroatoms. The number of ether oxygens (including phenoxy) is 1. The van der Waals surface area contributed by atoms with Crippen molar-refractivity contribution in [2.75, 3.05) is 11.4 Å². The minimum atomic E-state index is 0.0447. The van der Waals surface area contributed by atoms with Crippen molar-refractivity contribution in [3.05, 3.63) is 70.6 Å². The van der Waals surface area contributed by atoms with Crippen LogP contribution in [-0.2, 0) is 6.61 Å². The summed E-state index contributed by atoms with van der Waals surface area (Å²) >= 11 is 1.57. The van der Waals surface area contributed by atoms with Gasteiger partial charge in [-0.05, 0) is 43.7 Å². The van der Waals surface area contributed by atoms with Crippen LogP contribution in [0.3, 0.4) is 0 Å². The van der Waals surface area contributed by atoms with E-state index in [1.807, 2.05) is 60.4 Å². The molecule has 1 aliphatic heterocycles. The van der Waals surface area contributed by atoms with Crippen LogP contribution in [-0.4, -0.2) is 12.5 Å². The molecule has 1 amide bonds. The summed E-state index contributed by atoms with van der Waals surface area (Å²) in [6.45, 7) is 5.24. The summed E-state index contributed by atoms with van der Waals surface area (Å²) in [5.41, 5.74) is 4.32. The van der Waals surface area contributed by atoms with Crippen molar-refractivity contribution in [2.24, 2.45) is 0 Å². The molecule has 4 rings (SSSR count). The van der Waals surface area contributed by atoms with Crippen LogP contribution in [0.15, 0.2) is 54.6 Å². The lowest BCUT2D eigenvalue weighted by atomic mass is 10.0.